The molecule has 0 aliphatic carbocycles. The summed E-state index contributed by atoms with van der Waals surface area (Å²) in [6.07, 6.45) is 4.58. The van der Waals surface area contributed by atoms with E-state index in [1.807, 2.05) is 28.2 Å². The molecule has 3 rings (SSSR count). The first-order valence-electron chi connectivity index (χ1n) is 6.00. The molecule has 3 N–H and O–H groups in total. The summed E-state index contributed by atoms with van der Waals surface area (Å²) >= 11 is 14.0. The molecule has 0 aliphatic rings. The van der Waals surface area contributed by atoms with Crippen LogP contribution in [0.1, 0.15) is 17.3 Å². The number of hydrazine groups is 1. The fourth-order valence-electron chi connectivity index (χ4n) is 2.17. The summed E-state index contributed by atoms with van der Waals surface area (Å²) in [4.78, 5) is 5.50. The van der Waals surface area contributed by atoms with Crippen molar-refractivity contribution in [1.29, 1.82) is 0 Å². The largest absolute Gasteiger partial charge is 0.297 e. The second-order valence-corrected chi connectivity index (χ2v) is 6.07. The monoisotopic (exact) mass is 326 g/mol. The van der Waals surface area contributed by atoms with E-state index < -0.39 is 0 Å². The van der Waals surface area contributed by atoms with Crippen LogP contribution in [0, 0.1) is 0 Å². The third-order valence-corrected chi connectivity index (χ3v) is 4.54. The highest BCUT2D eigenvalue weighted by molar-refractivity contribution is 7.15. The lowest BCUT2D eigenvalue weighted by atomic mass is 10.0. The first-order chi connectivity index (χ1) is 9.69. The summed E-state index contributed by atoms with van der Waals surface area (Å²) < 4.78 is 1.99. The van der Waals surface area contributed by atoms with Crippen molar-refractivity contribution in [3.63, 3.8) is 0 Å². The summed E-state index contributed by atoms with van der Waals surface area (Å²) in [7, 11) is 0. The number of imidazole rings is 1. The summed E-state index contributed by atoms with van der Waals surface area (Å²) in [6, 6.07) is 5.24. The van der Waals surface area contributed by atoms with Gasteiger partial charge in [0.05, 0.1) is 11.7 Å². The van der Waals surface area contributed by atoms with E-state index in [1.54, 1.807) is 23.5 Å². The van der Waals surface area contributed by atoms with Gasteiger partial charge in [-0.05, 0) is 12.1 Å². The molecule has 20 heavy (non-hydrogen) atoms. The number of halogens is 2. The Morgan fingerprint density at radius 3 is 2.75 bits per heavy atom. The fraction of sp³-hybridized carbons (Fsp3) is 0.154. The SMILES string of the molecule is NNC(Cc1cn2ccsc2n1)c1c(Cl)cccc1Cl. The van der Waals surface area contributed by atoms with Gasteiger partial charge in [-0.1, -0.05) is 29.3 Å². The van der Waals surface area contributed by atoms with Crippen LogP contribution in [0.25, 0.3) is 4.96 Å². The zero-order valence-corrected chi connectivity index (χ0v) is 12.7. The van der Waals surface area contributed by atoms with Crippen LogP contribution in [0.3, 0.4) is 0 Å². The van der Waals surface area contributed by atoms with E-state index in [1.165, 1.54) is 0 Å². The molecule has 3 aromatic rings. The van der Waals surface area contributed by atoms with Crippen LogP contribution >= 0.6 is 34.5 Å². The molecule has 0 saturated carbocycles. The van der Waals surface area contributed by atoms with Gasteiger partial charge in [0, 0.05) is 39.8 Å². The van der Waals surface area contributed by atoms with E-state index in [2.05, 4.69) is 10.4 Å². The topological polar surface area (TPSA) is 55.3 Å². The van der Waals surface area contributed by atoms with Gasteiger partial charge < -0.3 is 0 Å². The average Bonchev–Trinajstić information content (AvgIpc) is 2.98. The van der Waals surface area contributed by atoms with Gasteiger partial charge in [-0.2, -0.15) is 0 Å². The number of nitrogens with two attached hydrogens (primary N) is 1. The molecule has 7 heteroatoms. The van der Waals surface area contributed by atoms with Gasteiger partial charge in [0.15, 0.2) is 4.96 Å². The molecule has 4 nitrogen and oxygen atoms in total. The molecule has 1 aromatic carbocycles. The van der Waals surface area contributed by atoms with Crippen LogP contribution in [0.4, 0.5) is 0 Å². The summed E-state index contributed by atoms with van der Waals surface area (Å²) in [5, 5.41) is 3.19. The van der Waals surface area contributed by atoms with Gasteiger partial charge in [-0.15, -0.1) is 11.3 Å². The Morgan fingerprint density at radius 2 is 2.10 bits per heavy atom. The number of thiazole rings is 1. The van der Waals surface area contributed by atoms with Crippen LogP contribution in [-0.4, -0.2) is 9.38 Å². The van der Waals surface area contributed by atoms with Crippen LogP contribution in [0.2, 0.25) is 10.0 Å². The molecule has 0 saturated heterocycles. The molecular weight excluding hydrogens is 315 g/mol. The number of hydrogen-bond acceptors (Lipinski definition) is 4. The molecule has 0 spiro atoms. The molecule has 0 aliphatic heterocycles. The molecule has 2 aromatic heterocycles. The van der Waals surface area contributed by atoms with Crippen molar-refractivity contribution in [2.75, 3.05) is 0 Å². The molecule has 0 amide bonds. The molecule has 1 atom stereocenters. The fourth-order valence-corrected chi connectivity index (χ4v) is 3.55. The Hall–Kier alpha value is -1.11. The summed E-state index contributed by atoms with van der Waals surface area (Å²) in [5.74, 6) is 5.66. The number of aromatic nitrogens is 2. The Balaban J connectivity index is 1.92. The highest BCUT2D eigenvalue weighted by atomic mass is 35.5. The van der Waals surface area contributed by atoms with Gasteiger partial charge in [0.2, 0.25) is 0 Å². The van der Waals surface area contributed by atoms with Crippen LogP contribution in [0.15, 0.2) is 36.0 Å². The standard InChI is InChI=1S/C13H12Cl2N4S/c14-9-2-1-3-10(15)12(9)11(18-16)6-8-7-19-4-5-20-13(19)17-8/h1-5,7,11,18H,6,16H2. The number of nitrogens with zero attached hydrogens (tertiary/aromatic N) is 2. The van der Waals surface area contributed by atoms with Crippen molar-refractivity contribution in [3.8, 4) is 0 Å². The van der Waals surface area contributed by atoms with E-state index in [0.29, 0.717) is 16.5 Å². The van der Waals surface area contributed by atoms with Gasteiger partial charge in [-0.3, -0.25) is 15.7 Å². The van der Waals surface area contributed by atoms with Crippen molar-refractivity contribution >= 4 is 39.5 Å². The molecule has 0 bridgehead atoms. The maximum atomic E-state index is 6.22. The van der Waals surface area contributed by atoms with Crippen LogP contribution < -0.4 is 11.3 Å². The lowest BCUT2D eigenvalue weighted by Gasteiger charge is -2.18. The Morgan fingerprint density at radius 1 is 1.35 bits per heavy atom. The zero-order valence-electron chi connectivity index (χ0n) is 10.4. The normalized spacial score (nSPS) is 12.9. The number of hydrogen-bond donors (Lipinski definition) is 2. The molecule has 1 unspecified atom stereocenters. The first-order valence-corrected chi connectivity index (χ1v) is 7.63. The molecule has 0 radical (unpaired) electrons. The Bertz CT molecular complexity index is 688. The molecule has 0 fully saturated rings. The number of nitrogens with one attached hydrogen (secondary N) is 1. The maximum absolute atomic E-state index is 6.22. The minimum Gasteiger partial charge on any atom is -0.297 e. The molecular formula is C13H12Cl2N4S. The average molecular weight is 327 g/mol. The minimum absolute atomic E-state index is 0.180. The number of rotatable bonds is 4. The van der Waals surface area contributed by atoms with E-state index in [4.69, 9.17) is 29.0 Å². The maximum Gasteiger partial charge on any atom is 0.193 e. The second-order valence-electron chi connectivity index (χ2n) is 4.38. The third-order valence-electron chi connectivity index (χ3n) is 3.11. The first kappa shape index (κ1) is 13.9. The molecule has 104 valence electrons. The van der Waals surface area contributed by atoms with Crippen molar-refractivity contribution in [1.82, 2.24) is 14.8 Å². The van der Waals surface area contributed by atoms with Gasteiger partial charge >= 0.3 is 0 Å². The zero-order chi connectivity index (χ0) is 14.1. The Labute approximate surface area is 130 Å². The summed E-state index contributed by atoms with van der Waals surface area (Å²) in [5.41, 5.74) is 4.51. The van der Waals surface area contributed by atoms with E-state index in [9.17, 15) is 0 Å². The minimum atomic E-state index is -0.180. The van der Waals surface area contributed by atoms with E-state index in [-0.39, 0.29) is 6.04 Å². The lowest BCUT2D eigenvalue weighted by Crippen LogP contribution is -2.30. The number of benzene rings is 1. The summed E-state index contributed by atoms with van der Waals surface area (Å²) in [6.45, 7) is 0. The smallest absolute Gasteiger partial charge is 0.193 e. The quantitative estimate of drug-likeness (QED) is 0.570. The highest BCUT2D eigenvalue weighted by Crippen LogP contribution is 2.31. The van der Waals surface area contributed by atoms with Crippen molar-refractivity contribution < 1.29 is 0 Å². The van der Waals surface area contributed by atoms with Crippen molar-refractivity contribution in [3.05, 3.63) is 57.3 Å². The van der Waals surface area contributed by atoms with Gasteiger partial charge in [0.1, 0.15) is 0 Å². The van der Waals surface area contributed by atoms with Crippen molar-refractivity contribution in [2.45, 2.75) is 12.5 Å². The predicted molar refractivity (Wildman–Crippen MR) is 83.3 cm³/mol. The second kappa shape index (κ2) is 5.71. The highest BCUT2D eigenvalue weighted by Gasteiger charge is 2.18. The van der Waals surface area contributed by atoms with E-state index >= 15 is 0 Å². The van der Waals surface area contributed by atoms with Gasteiger partial charge in [-0.25, -0.2) is 4.98 Å². The molecule has 2 heterocycles. The number of fused-ring (bicyclic) bond motifs is 1. The van der Waals surface area contributed by atoms with Crippen LogP contribution in [-0.2, 0) is 6.42 Å². The third kappa shape index (κ3) is 2.55. The van der Waals surface area contributed by atoms with E-state index in [0.717, 1.165) is 16.2 Å². The predicted octanol–water partition coefficient (Wildman–Crippen LogP) is 3.45. The lowest BCUT2D eigenvalue weighted by molar-refractivity contribution is 0.547. The van der Waals surface area contributed by atoms with Gasteiger partial charge in [0.25, 0.3) is 0 Å². The van der Waals surface area contributed by atoms with Crippen molar-refractivity contribution in [2.24, 2.45) is 5.84 Å². The Kier molecular flexibility index (Phi) is 3.96. The van der Waals surface area contributed by atoms with Crippen LogP contribution in [0.5, 0.6) is 0 Å².